The Kier molecular flexibility index (Phi) is 2.15. The molecule has 0 fully saturated rings. The van der Waals surface area contributed by atoms with E-state index in [1.807, 2.05) is 0 Å². The second kappa shape index (κ2) is 3.20. The maximum atomic E-state index is 11.4. The molecule has 0 spiro atoms. The molecule has 0 heterocycles. The predicted octanol–water partition coefficient (Wildman–Crippen LogP) is 1.68. The molecule has 2 rings (SSSR count). The van der Waals surface area contributed by atoms with E-state index >= 15 is 0 Å². The minimum Gasteiger partial charge on any atom is -0.366 e. The van der Waals surface area contributed by atoms with Crippen LogP contribution in [0.15, 0.2) is 16.6 Å². The fraction of sp³-hybridized carbons (Fsp3) is 0.200. The van der Waals surface area contributed by atoms with Crippen LogP contribution in [0, 0.1) is 0 Å². The van der Waals surface area contributed by atoms with Crippen molar-refractivity contribution in [3.63, 3.8) is 0 Å². The van der Waals surface area contributed by atoms with Gasteiger partial charge in [0, 0.05) is 16.5 Å². The lowest BCUT2D eigenvalue weighted by Gasteiger charge is -2.05. The van der Waals surface area contributed by atoms with E-state index in [0.717, 1.165) is 5.56 Å². The van der Waals surface area contributed by atoms with E-state index in [2.05, 4.69) is 15.9 Å². The molecular weight excluding hydrogens is 246 g/mol. The molecule has 4 heteroatoms. The third-order valence-corrected chi connectivity index (χ3v) is 3.07. The summed E-state index contributed by atoms with van der Waals surface area (Å²) in [4.78, 5) is 22.6. The monoisotopic (exact) mass is 253 g/mol. The molecule has 1 aromatic carbocycles. The lowest BCUT2D eigenvalue weighted by Crippen LogP contribution is -2.14. The molecule has 0 saturated carbocycles. The van der Waals surface area contributed by atoms with Crippen molar-refractivity contribution >= 4 is 27.6 Å². The van der Waals surface area contributed by atoms with Crippen LogP contribution >= 0.6 is 15.9 Å². The van der Waals surface area contributed by atoms with Gasteiger partial charge in [-0.2, -0.15) is 0 Å². The molecule has 0 unspecified atom stereocenters. The summed E-state index contributed by atoms with van der Waals surface area (Å²) in [6.45, 7) is 0. The molecule has 0 aliphatic heterocycles. The van der Waals surface area contributed by atoms with Crippen molar-refractivity contribution < 1.29 is 9.59 Å². The summed E-state index contributed by atoms with van der Waals surface area (Å²) in [5.74, 6) is -0.390. The summed E-state index contributed by atoms with van der Waals surface area (Å²) in [6, 6.07) is 3.43. The van der Waals surface area contributed by atoms with E-state index in [-0.39, 0.29) is 5.78 Å². The average Bonchev–Trinajstić information content (AvgIpc) is 2.47. The van der Waals surface area contributed by atoms with Crippen LogP contribution in [0.1, 0.15) is 32.7 Å². The average molecular weight is 254 g/mol. The summed E-state index contributed by atoms with van der Waals surface area (Å²) < 4.78 is 0.665. The number of carbonyl (C=O) groups excluding carboxylic acids is 2. The highest BCUT2D eigenvalue weighted by Gasteiger charge is 2.25. The molecule has 1 aliphatic rings. The van der Waals surface area contributed by atoms with Crippen molar-refractivity contribution in [2.45, 2.75) is 12.8 Å². The Hall–Kier alpha value is -1.16. The molecule has 0 aromatic heterocycles. The first-order valence-corrected chi connectivity index (χ1v) is 5.05. The van der Waals surface area contributed by atoms with Gasteiger partial charge in [0.05, 0.1) is 5.56 Å². The van der Waals surface area contributed by atoms with Gasteiger partial charge in [0.1, 0.15) is 0 Å². The van der Waals surface area contributed by atoms with E-state index in [9.17, 15) is 9.59 Å². The van der Waals surface area contributed by atoms with Crippen LogP contribution < -0.4 is 5.73 Å². The number of hydrogen-bond acceptors (Lipinski definition) is 2. The molecule has 3 nitrogen and oxygen atoms in total. The molecule has 1 amide bonds. The molecule has 0 atom stereocenters. The fourth-order valence-electron chi connectivity index (χ4n) is 1.78. The van der Waals surface area contributed by atoms with Crippen LogP contribution in [0.3, 0.4) is 0 Å². The van der Waals surface area contributed by atoms with E-state index in [0.29, 0.717) is 28.4 Å². The van der Waals surface area contributed by atoms with Gasteiger partial charge >= 0.3 is 0 Å². The quantitative estimate of drug-likeness (QED) is 0.828. The third kappa shape index (κ3) is 1.26. The molecule has 14 heavy (non-hydrogen) atoms. The van der Waals surface area contributed by atoms with Crippen molar-refractivity contribution in [3.8, 4) is 0 Å². The van der Waals surface area contributed by atoms with Gasteiger partial charge in [-0.05, 0) is 40.0 Å². The van der Waals surface area contributed by atoms with Gasteiger partial charge in [0.25, 0.3) is 0 Å². The number of primary amides is 1. The number of hydrogen-bond donors (Lipinski definition) is 1. The maximum Gasteiger partial charge on any atom is 0.250 e. The Labute approximate surface area is 89.4 Å². The summed E-state index contributed by atoms with van der Waals surface area (Å²) >= 11 is 3.26. The van der Waals surface area contributed by atoms with Crippen LogP contribution in [-0.2, 0) is 6.42 Å². The Morgan fingerprint density at radius 3 is 2.71 bits per heavy atom. The topological polar surface area (TPSA) is 60.2 Å². The number of carbonyl (C=O) groups is 2. The van der Waals surface area contributed by atoms with E-state index in [4.69, 9.17) is 5.73 Å². The zero-order chi connectivity index (χ0) is 10.3. The summed E-state index contributed by atoms with van der Waals surface area (Å²) in [5.41, 5.74) is 7.13. The van der Waals surface area contributed by atoms with E-state index in [1.54, 1.807) is 12.1 Å². The van der Waals surface area contributed by atoms with Crippen LogP contribution in [-0.4, -0.2) is 11.7 Å². The number of nitrogens with two attached hydrogens (primary N) is 1. The van der Waals surface area contributed by atoms with E-state index in [1.165, 1.54) is 0 Å². The number of fused-ring (bicyclic) bond motifs is 1. The lowest BCUT2D eigenvalue weighted by molar-refractivity contribution is 0.0990. The molecular formula is C10H8BrNO2. The Balaban J connectivity index is 2.71. The fourth-order valence-corrected chi connectivity index (χ4v) is 2.35. The summed E-state index contributed by atoms with van der Waals surface area (Å²) in [5, 5.41) is 0. The highest BCUT2D eigenvalue weighted by Crippen LogP contribution is 2.30. The first kappa shape index (κ1) is 9.40. The van der Waals surface area contributed by atoms with Gasteiger partial charge in [0.15, 0.2) is 5.78 Å². The van der Waals surface area contributed by atoms with Gasteiger partial charge in [-0.1, -0.05) is 0 Å². The normalized spacial score (nSPS) is 14.2. The number of Topliss-reactive ketones (excluding diaryl/α,β-unsaturated/α-hetero) is 1. The number of rotatable bonds is 1. The summed E-state index contributed by atoms with van der Waals surface area (Å²) in [7, 11) is 0. The van der Waals surface area contributed by atoms with Gasteiger partial charge in [-0.3, -0.25) is 9.59 Å². The largest absolute Gasteiger partial charge is 0.366 e. The Morgan fingerprint density at radius 2 is 2.07 bits per heavy atom. The zero-order valence-corrected chi connectivity index (χ0v) is 8.93. The molecule has 0 bridgehead atoms. The van der Waals surface area contributed by atoms with Crippen molar-refractivity contribution in [2.24, 2.45) is 5.73 Å². The highest BCUT2D eigenvalue weighted by molar-refractivity contribution is 9.10. The van der Waals surface area contributed by atoms with Gasteiger partial charge in [0.2, 0.25) is 5.91 Å². The Morgan fingerprint density at radius 1 is 1.36 bits per heavy atom. The molecule has 0 radical (unpaired) electrons. The highest BCUT2D eigenvalue weighted by atomic mass is 79.9. The molecule has 0 saturated heterocycles. The third-order valence-electron chi connectivity index (χ3n) is 2.41. The molecule has 2 N–H and O–H groups in total. The van der Waals surface area contributed by atoms with Gasteiger partial charge in [-0.25, -0.2) is 0 Å². The smallest absolute Gasteiger partial charge is 0.250 e. The van der Waals surface area contributed by atoms with E-state index < -0.39 is 5.91 Å². The lowest BCUT2D eigenvalue weighted by atomic mass is 10.0. The van der Waals surface area contributed by atoms with Gasteiger partial charge < -0.3 is 5.73 Å². The van der Waals surface area contributed by atoms with Crippen LogP contribution in [0.25, 0.3) is 0 Å². The second-order valence-electron chi connectivity index (χ2n) is 3.24. The van der Waals surface area contributed by atoms with Gasteiger partial charge in [-0.15, -0.1) is 0 Å². The minimum absolute atomic E-state index is 0.0926. The van der Waals surface area contributed by atoms with Crippen molar-refractivity contribution in [1.29, 1.82) is 0 Å². The van der Waals surface area contributed by atoms with Crippen molar-refractivity contribution in [2.75, 3.05) is 0 Å². The Bertz CT molecular complexity index is 440. The SMILES string of the molecule is NC(=O)c1c(Br)ccc2c1CCC2=O. The molecule has 72 valence electrons. The number of benzene rings is 1. The maximum absolute atomic E-state index is 11.4. The number of ketones is 1. The minimum atomic E-state index is -0.483. The first-order chi connectivity index (χ1) is 6.61. The molecule has 1 aliphatic carbocycles. The van der Waals surface area contributed by atoms with Crippen molar-refractivity contribution in [1.82, 2.24) is 0 Å². The molecule has 1 aromatic rings. The second-order valence-corrected chi connectivity index (χ2v) is 4.09. The first-order valence-electron chi connectivity index (χ1n) is 4.25. The zero-order valence-electron chi connectivity index (χ0n) is 7.34. The van der Waals surface area contributed by atoms with Crippen molar-refractivity contribution in [3.05, 3.63) is 33.3 Å². The number of halogens is 1. The summed E-state index contributed by atoms with van der Waals surface area (Å²) in [6.07, 6.45) is 1.10. The van der Waals surface area contributed by atoms with Crippen LogP contribution in [0.4, 0.5) is 0 Å². The predicted molar refractivity (Wildman–Crippen MR) is 55.3 cm³/mol. The van der Waals surface area contributed by atoms with Crippen LogP contribution in [0.2, 0.25) is 0 Å². The standard InChI is InChI=1S/C10H8BrNO2/c11-7-3-1-5-6(2-4-8(5)13)9(7)10(12)14/h1,3H,2,4H2,(H2,12,14). The van der Waals surface area contributed by atoms with Crippen LogP contribution in [0.5, 0.6) is 0 Å². The number of amides is 1.